The number of benzene rings is 2. The summed E-state index contributed by atoms with van der Waals surface area (Å²) >= 11 is 5.98. The molecule has 4 heteroatoms. The number of ether oxygens (including phenoxy) is 1. The number of para-hydroxylation sites is 1. The van der Waals surface area contributed by atoms with Gasteiger partial charge >= 0.3 is 0 Å². The number of halogens is 1. The number of aliphatic hydroxyl groups excluding tert-OH is 1. The first kappa shape index (κ1) is 12.7. The van der Waals surface area contributed by atoms with Crippen molar-refractivity contribution in [2.24, 2.45) is 0 Å². The van der Waals surface area contributed by atoms with Crippen LogP contribution in [0.5, 0.6) is 5.75 Å². The lowest BCUT2D eigenvalue weighted by Crippen LogP contribution is -2.11. The van der Waals surface area contributed by atoms with Crippen molar-refractivity contribution in [1.29, 1.82) is 0 Å². The van der Waals surface area contributed by atoms with Gasteiger partial charge in [-0.3, -0.25) is 0 Å². The van der Waals surface area contributed by atoms with E-state index in [0.717, 1.165) is 22.3 Å². The molecule has 0 aliphatic carbocycles. The number of hydrogen-bond donors (Lipinski definition) is 1. The first-order chi connectivity index (χ1) is 10.2. The van der Waals surface area contributed by atoms with Gasteiger partial charge in [-0.2, -0.15) is 0 Å². The fourth-order valence-electron chi connectivity index (χ4n) is 2.83. The van der Waals surface area contributed by atoms with Gasteiger partial charge in [0.2, 0.25) is 0 Å². The molecule has 21 heavy (non-hydrogen) atoms. The van der Waals surface area contributed by atoms with E-state index < -0.39 is 6.10 Å². The van der Waals surface area contributed by atoms with Gasteiger partial charge in [-0.15, -0.1) is 0 Å². The summed E-state index contributed by atoms with van der Waals surface area (Å²) in [5, 5.41) is 12.2. The summed E-state index contributed by atoms with van der Waals surface area (Å²) in [7, 11) is 0. The Balaban J connectivity index is 1.72. The summed E-state index contributed by atoms with van der Waals surface area (Å²) in [6.45, 7) is 0.457. The van der Waals surface area contributed by atoms with Crippen LogP contribution in [0.4, 0.5) is 0 Å². The maximum Gasteiger partial charge on any atom is 0.134 e. The van der Waals surface area contributed by atoms with Crippen molar-refractivity contribution >= 4 is 22.6 Å². The van der Waals surface area contributed by atoms with E-state index in [1.54, 1.807) is 6.07 Å². The zero-order valence-electron chi connectivity index (χ0n) is 11.1. The highest BCUT2D eigenvalue weighted by molar-refractivity contribution is 6.31. The van der Waals surface area contributed by atoms with Gasteiger partial charge in [0.15, 0.2) is 0 Å². The van der Waals surface area contributed by atoms with Gasteiger partial charge in [0, 0.05) is 16.0 Å². The second kappa shape index (κ2) is 4.79. The van der Waals surface area contributed by atoms with E-state index in [1.165, 1.54) is 0 Å². The number of aliphatic hydroxyl groups is 1. The number of hydrogen-bond acceptors (Lipinski definition) is 3. The quantitative estimate of drug-likeness (QED) is 0.767. The summed E-state index contributed by atoms with van der Waals surface area (Å²) in [5.74, 6) is 1.26. The zero-order chi connectivity index (χ0) is 14.4. The smallest absolute Gasteiger partial charge is 0.134 e. The Morgan fingerprint density at radius 2 is 2.00 bits per heavy atom. The molecule has 2 heterocycles. The monoisotopic (exact) mass is 300 g/mol. The van der Waals surface area contributed by atoms with Crippen LogP contribution in [0.3, 0.4) is 0 Å². The van der Waals surface area contributed by atoms with Crippen molar-refractivity contribution in [1.82, 2.24) is 0 Å². The Kier molecular flexibility index (Phi) is 2.91. The second-order valence-corrected chi connectivity index (χ2v) is 5.67. The van der Waals surface area contributed by atoms with E-state index in [-0.39, 0.29) is 5.92 Å². The number of furan rings is 1. The van der Waals surface area contributed by atoms with Crippen molar-refractivity contribution in [2.45, 2.75) is 12.0 Å². The van der Waals surface area contributed by atoms with E-state index >= 15 is 0 Å². The van der Waals surface area contributed by atoms with Gasteiger partial charge in [0.25, 0.3) is 0 Å². The lowest BCUT2D eigenvalue weighted by Gasteiger charge is -2.14. The molecule has 106 valence electrons. The molecule has 1 aliphatic heterocycles. The average molecular weight is 301 g/mol. The van der Waals surface area contributed by atoms with Crippen molar-refractivity contribution in [3.63, 3.8) is 0 Å². The van der Waals surface area contributed by atoms with Gasteiger partial charge < -0.3 is 14.3 Å². The predicted molar refractivity (Wildman–Crippen MR) is 80.9 cm³/mol. The summed E-state index contributed by atoms with van der Waals surface area (Å²) in [5.41, 5.74) is 1.74. The van der Waals surface area contributed by atoms with Crippen LogP contribution in [0.2, 0.25) is 5.02 Å². The standard InChI is InChI=1S/C17H13ClO3/c18-11-5-6-14-10(7-11)8-16(21-14)17(19)13-9-20-15-4-2-1-3-12(13)15/h1-8,13,17,19H,9H2. The van der Waals surface area contributed by atoms with Crippen LogP contribution in [0.25, 0.3) is 11.0 Å². The Morgan fingerprint density at radius 1 is 1.14 bits per heavy atom. The van der Waals surface area contributed by atoms with Gasteiger partial charge in [-0.1, -0.05) is 29.8 Å². The van der Waals surface area contributed by atoms with E-state index in [2.05, 4.69) is 0 Å². The van der Waals surface area contributed by atoms with Crippen LogP contribution in [0.1, 0.15) is 23.3 Å². The van der Waals surface area contributed by atoms with E-state index in [1.807, 2.05) is 42.5 Å². The van der Waals surface area contributed by atoms with Gasteiger partial charge in [-0.25, -0.2) is 0 Å². The summed E-state index contributed by atoms with van der Waals surface area (Å²) < 4.78 is 11.4. The molecule has 2 aromatic carbocycles. The van der Waals surface area contributed by atoms with E-state index in [9.17, 15) is 5.11 Å². The highest BCUT2D eigenvalue weighted by atomic mass is 35.5. The summed E-state index contributed by atoms with van der Waals surface area (Å²) in [4.78, 5) is 0. The van der Waals surface area contributed by atoms with Crippen LogP contribution >= 0.6 is 11.6 Å². The molecule has 0 fully saturated rings. The summed E-state index contributed by atoms with van der Waals surface area (Å²) in [6, 6.07) is 15.0. The topological polar surface area (TPSA) is 42.6 Å². The Hall–Kier alpha value is -1.97. The first-order valence-electron chi connectivity index (χ1n) is 6.81. The third kappa shape index (κ3) is 2.09. The third-order valence-electron chi connectivity index (χ3n) is 3.91. The van der Waals surface area contributed by atoms with E-state index in [0.29, 0.717) is 17.4 Å². The molecule has 1 N–H and O–H groups in total. The van der Waals surface area contributed by atoms with Crippen molar-refractivity contribution in [3.05, 3.63) is 64.9 Å². The van der Waals surface area contributed by atoms with Crippen molar-refractivity contribution in [3.8, 4) is 5.75 Å². The lowest BCUT2D eigenvalue weighted by molar-refractivity contribution is 0.109. The highest BCUT2D eigenvalue weighted by Crippen LogP contribution is 2.42. The molecular formula is C17H13ClO3. The molecule has 3 nitrogen and oxygen atoms in total. The molecule has 0 spiro atoms. The van der Waals surface area contributed by atoms with Crippen LogP contribution in [-0.4, -0.2) is 11.7 Å². The third-order valence-corrected chi connectivity index (χ3v) is 4.14. The molecule has 1 aliphatic rings. The molecule has 2 atom stereocenters. The molecule has 0 amide bonds. The molecule has 0 bridgehead atoms. The molecular weight excluding hydrogens is 288 g/mol. The largest absolute Gasteiger partial charge is 0.493 e. The summed E-state index contributed by atoms with van der Waals surface area (Å²) in [6.07, 6.45) is -0.736. The van der Waals surface area contributed by atoms with E-state index in [4.69, 9.17) is 20.8 Å². The van der Waals surface area contributed by atoms with Gasteiger partial charge in [0.1, 0.15) is 23.2 Å². The van der Waals surface area contributed by atoms with Crippen LogP contribution in [-0.2, 0) is 0 Å². The normalized spacial score (nSPS) is 18.5. The Labute approximate surface area is 126 Å². The molecule has 0 saturated heterocycles. The number of fused-ring (bicyclic) bond motifs is 2. The Morgan fingerprint density at radius 3 is 2.90 bits per heavy atom. The zero-order valence-corrected chi connectivity index (χ0v) is 11.9. The fraction of sp³-hybridized carbons (Fsp3) is 0.176. The minimum atomic E-state index is -0.736. The minimum absolute atomic E-state index is 0.114. The highest BCUT2D eigenvalue weighted by Gasteiger charge is 2.32. The second-order valence-electron chi connectivity index (χ2n) is 5.23. The number of rotatable bonds is 2. The molecule has 0 radical (unpaired) electrons. The first-order valence-corrected chi connectivity index (χ1v) is 7.19. The molecule has 1 aromatic heterocycles. The molecule has 2 unspecified atom stereocenters. The Bertz CT molecular complexity index is 809. The molecule has 0 saturated carbocycles. The maximum atomic E-state index is 10.6. The maximum absolute atomic E-state index is 10.6. The van der Waals surface area contributed by atoms with Crippen LogP contribution in [0.15, 0.2) is 52.9 Å². The van der Waals surface area contributed by atoms with Crippen LogP contribution < -0.4 is 4.74 Å². The fourth-order valence-corrected chi connectivity index (χ4v) is 3.01. The predicted octanol–water partition coefficient (Wildman–Crippen LogP) is 4.30. The molecule has 3 aromatic rings. The van der Waals surface area contributed by atoms with Crippen molar-refractivity contribution in [2.75, 3.05) is 6.61 Å². The van der Waals surface area contributed by atoms with Gasteiger partial charge in [-0.05, 0) is 30.3 Å². The minimum Gasteiger partial charge on any atom is -0.493 e. The molecule has 4 rings (SSSR count). The van der Waals surface area contributed by atoms with Crippen LogP contribution in [0, 0.1) is 0 Å². The SMILES string of the molecule is OC(c1cc2cc(Cl)ccc2o1)C1COc2ccccc21. The average Bonchev–Trinajstić information content (AvgIpc) is 3.09. The van der Waals surface area contributed by atoms with Gasteiger partial charge in [0.05, 0.1) is 12.5 Å². The van der Waals surface area contributed by atoms with Crippen molar-refractivity contribution < 1.29 is 14.3 Å². The lowest BCUT2D eigenvalue weighted by atomic mass is 9.94.